The number of nitrogens with zero attached hydrogens (tertiary/aromatic N) is 1. The first-order valence-corrected chi connectivity index (χ1v) is 4.69. The number of benzene rings is 1. The Morgan fingerprint density at radius 3 is 3.13 bits per heavy atom. The lowest BCUT2D eigenvalue weighted by Gasteiger charge is -1.98. The molecule has 0 aliphatic heterocycles. The summed E-state index contributed by atoms with van der Waals surface area (Å²) in [6.45, 7) is 0.355. The van der Waals surface area contributed by atoms with Gasteiger partial charge in [0, 0.05) is 17.0 Å². The first kappa shape index (κ1) is 11.4. The van der Waals surface area contributed by atoms with E-state index in [1.807, 2.05) is 0 Å². The van der Waals surface area contributed by atoms with Crippen molar-refractivity contribution in [1.29, 1.82) is 0 Å². The monoisotopic (exact) mass is 223 g/mol. The third kappa shape index (κ3) is 3.92. The quantitative estimate of drug-likeness (QED) is 0.369. The maximum Gasteiger partial charge on any atom is 0.128 e. The minimum absolute atomic E-state index is 0.101. The summed E-state index contributed by atoms with van der Waals surface area (Å²) >= 11 is 5.74. The molecule has 0 fully saturated rings. The molecule has 0 atom stereocenters. The van der Waals surface area contributed by atoms with Crippen LogP contribution in [0, 0.1) is 12.3 Å². The second kappa shape index (κ2) is 5.94. The Balaban J connectivity index is 2.56. The van der Waals surface area contributed by atoms with Gasteiger partial charge in [0.15, 0.2) is 0 Å². The van der Waals surface area contributed by atoms with Gasteiger partial charge < -0.3 is 9.94 Å². The zero-order valence-electron chi connectivity index (χ0n) is 7.98. The molecule has 15 heavy (non-hydrogen) atoms. The highest BCUT2D eigenvalue weighted by molar-refractivity contribution is 6.30. The van der Waals surface area contributed by atoms with Gasteiger partial charge in [-0.3, -0.25) is 0 Å². The van der Waals surface area contributed by atoms with Crippen molar-refractivity contribution in [3.8, 4) is 18.1 Å². The molecule has 0 bridgehead atoms. The Hall–Kier alpha value is -1.66. The lowest BCUT2D eigenvalue weighted by atomic mass is 10.2. The maximum atomic E-state index is 9.40. The van der Waals surface area contributed by atoms with Gasteiger partial charge >= 0.3 is 0 Å². The lowest BCUT2D eigenvalue weighted by Crippen LogP contribution is -1.88. The second-order valence-corrected chi connectivity index (χ2v) is 3.16. The molecule has 0 aliphatic rings. The normalized spacial score (nSPS) is 10.1. The predicted octanol–water partition coefficient (Wildman–Crippen LogP) is 2.42. The smallest absolute Gasteiger partial charge is 0.128 e. The maximum absolute atomic E-state index is 9.40. The Morgan fingerprint density at radius 1 is 1.60 bits per heavy atom. The van der Waals surface area contributed by atoms with Gasteiger partial charge in [-0.25, -0.2) is 0 Å². The molecule has 0 spiro atoms. The molecule has 0 saturated carbocycles. The van der Waals surface area contributed by atoms with E-state index in [9.17, 15) is 5.11 Å². The van der Waals surface area contributed by atoms with E-state index in [-0.39, 0.29) is 5.75 Å². The summed E-state index contributed by atoms with van der Waals surface area (Å²) in [5.74, 6) is 2.52. The molecule has 0 saturated heterocycles. The molecule has 0 aliphatic carbocycles. The summed E-state index contributed by atoms with van der Waals surface area (Å²) in [5.41, 5.74) is 0.503. The summed E-state index contributed by atoms with van der Waals surface area (Å²) in [7, 11) is 0. The Bertz CT molecular complexity index is 396. The third-order valence-corrected chi connectivity index (χ3v) is 1.83. The van der Waals surface area contributed by atoms with Crippen molar-refractivity contribution in [2.75, 3.05) is 6.61 Å². The Kier molecular flexibility index (Phi) is 4.52. The summed E-state index contributed by atoms with van der Waals surface area (Å²) in [4.78, 5) is 4.85. The molecule has 0 unspecified atom stereocenters. The number of phenolic OH excluding ortho intramolecular Hbond substituents is 1. The summed E-state index contributed by atoms with van der Waals surface area (Å²) in [5, 5.41) is 13.6. The fourth-order valence-corrected chi connectivity index (χ4v) is 1.06. The van der Waals surface area contributed by atoms with Crippen molar-refractivity contribution in [3.05, 3.63) is 28.8 Å². The third-order valence-electron chi connectivity index (χ3n) is 1.59. The van der Waals surface area contributed by atoms with Crippen LogP contribution in [0.2, 0.25) is 5.02 Å². The van der Waals surface area contributed by atoms with Gasteiger partial charge in [-0.2, -0.15) is 0 Å². The molecule has 0 aromatic heterocycles. The Morgan fingerprint density at radius 2 is 2.40 bits per heavy atom. The molecular formula is C11H10ClNO2. The summed E-state index contributed by atoms with van der Waals surface area (Å²) in [6, 6.07) is 4.67. The van der Waals surface area contributed by atoms with E-state index in [1.165, 1.54) is 12.3 Å². The first-order valence-electron chi connectivity index (χ1n) is 4.31. The summed E-state index contributed by atoms with van der Waals surface area (Å²) in [6.07, 6.45) is 6.91. The number of hydrogen-bond acceptors (Lipinski definition) is 3. The number of oxime groups is 1. The Labute approximate surface area is 93.3 Å². The van der Waals surface area contributed by atoms with Crippen molar-refractivity contribution in [3.63, 3.8) is 0 Å². The molecule has 1 aromatic carbocycles. The highest BCUT2D eigenvalue weighted by Crippen LogP contribution is 2.19. The number of phenols is 1. The van der Waals surface area contributed by atoms with Crippen molar-refractivity contribution in [2.24, 2.45) is 5.16 Å². The predicted molar refractivity (Wildman–Crippen MR) is 60.1 cm³/mol. The lowest BCUT2D eigenvalue weighted by molar-refractivity contribution is 0.152. The number of rotatable bonds is 4. The minimum Gasteiger partial charge on any atom is -0.507 e. The molecule has 3 nitrogen and oxygen atoms in total. The molecule has 0 amide bonds. The largest absolute Gasteiger partial charge is 0.507 e. The van der Waals surface area contributed by atoms with E-state index in [2.05, 4.69) is 11.1 Å². The highest BCUT2D eigenvalue weighted by atomic mass is 35.5. The number of hydrogen-bond donors (Lipinski definition) is 1. The van der Waals surface area contributed by atoms with E-state index in [0.717, 1.165) is 0 Å². The van der Waals surface area contributed by atoms with Crippen LogP contribution in [-0.2, 0) is 4.84 Å². The summed E-state index contributed by atoms with van der Waals surface area (Å²) < 4.78 is 0. The standard InChI is InChI=1S/C11H10ClNO2/c1-2-3-6-15-13-8-9-7-10(12)4-5-11(9)14/h1,4-5,7-8,14H,3,6H2/b13-8+. The van der Waals surface area contributed by atoms with Crippen LogP contribution in [0.5, 0.6) is 5.75 Å². The van der Waals surface area contributed by atoms with Crippen molar-refractivity contribution in [2.45, 2.75) is 6.42 Å². The van der Waals surface area contributed by atoms with Crippen molar-refractivity contribution < 1.29 is 9.94 Å². The van der Waals surface area contributed by atoms with Crippen LogP contribution in [0.3, 0.4) is 0 Å². The van der Waals surface area contributed by atoms with E-state index in [1.54, 1.807) is 12.1 Å². The number of aromatic hydroxyl groups is 1. The average molecular weight is 224 g/mol. The molecule has 4 heteroatoms. The van der Waals surface area contributed by atoms with E-state index in [0.29, 0.717) is 23.6 Å². The van der Waals surface area contributed by atoms with Crippen LogP contribution in [0.1, 0.15) is 12.0 Å². The topological polar surface area (TPSA) is 41.8 Å². The van der Waals surface area contributed by atoms with Gasteiger partial charge in [0.1, 0.15) is 12.4 Å². The second-order valence-electron chi connectivity index (χ2n) is 2.72. The molecule has 1 aromatic rings. The number of halogens is 1. The van der Waals surface area contributed by atoms with Crippen LogP contribution in [0.15, 0.2) is 23.4 Å². The fourth-order valence-electron chi connectivity index (χ4n) is 0.880. The van der Waals surface area contributed by atoms with Gasteiger partial charge in [-0.05, 0) is 18.2 Å². The zero-order chi connectivity index (χ0) is 11.1. The molecule has 0 radical (unpaired) electrons. The van der Waals surface area contributed by atoms with Crippen LogP contribution >= 0.6 is 11.6 Å². The number of terminal acetylenes is 1. The van der Waals surface area contributed by atoms with Gasteiger partial charge in [-0.1, -0.05) is 16.8 Å². The van der Waals surface area contributed by atoms with Crippen LogP contribution in [0.25, 0.3) is 0 Å². The van der Waals surface area contributed by atoms with Crippen LogP contribution in [-0.4, -0.2) is 17.9 Å². The molecule has 1 N–H and O–H groups in total. The van der Waals surface area contributed by atoms with E-state index >= 15 is 0 Å². The molecule has 1 rings (SSSR count). The zero-order valence-corrected chi connectivity index (χ0v) is 8.74. The van der Waals surface area contributed by atoms with E-state index < -0.39 is 0 Å². The molecular weight excluding hydrogens is 214 g/mol. The fraction of sp³-hybridized carbons (Fsp3) is 0.182. The SMILES string of the molecule is C#CCCO/N=C/c1cc(Cl)ccc1O. The van der Waals surface area contributed by atoms with Gasteiger partial charge in [0.05, 0.1) is 6.21 Å². The van der Waals surface area contributed by atoms with Gasteiger partial charge in [-0.15, -0.1) is 12.3 Å². The van der Waals surface area contributed by atoms with E-state index in [4.69, 9.17) is 22.9 Å². The molecule has 78 valence electrons. The first-order chi connectivity index (χ1) is 7.24. The average Bonchev–Trinajstić information content (AvgIpc) is 2.23. The van der Waals surface area contributed by atoms with Gasteiger partial charge in [0.2, 0.25) is 0 Å². The van der Waals surface area contributed by atoms with Crippen molar-refractivity contribution >= 4 is 17.8 Å². The minimum atomic E-state index is 0.101. The van der Waals surface area contributed by atoms with Crippen LogP contribution < -0.4 is 0 Å². The van der Waals surface area contributed by atoms with Crippen molar-refractivity contribution in [1.82, 2.24) is 0 Å². The molecule has 0 heterocycles. The van der Waals surface area contributed by atoms with Crippen LogP contribution in [0.4, 0.5) is 0 Å². The highest BCUT2D eigenvalue weighted by Gasteiger charge is 1.98. The van der Waals surface area contributed by atoms with Gasteiger partial charge in [0.25, 0.3) is 0 Å².